The van der Waals surface area contributed by atoms with Crippen LogP contribution >= 0.6 is 0 Å². The lowest BCUT2D eigenvalue weighted by Crippen LogP contribution is -2.17. The number of hydrogen-bond acceptors (Lipinski definition) is 3. The molecule has 0 bridgehead atoms. The van der Waals surface area contributed by atoms with Gasteiger partial charge in [0.05, 0.1) is 5.75 Å². The predicted molar refractivity (Wildman–Crippen MR) is 68.6 cm³/mol. The third-order valence-electron chi connectivity index (χ3n) is 2.38. The van der Waals surface area contributed by atoms with E-state index >= 15 is 0 Å². The molecule has 0 atom stereocenters. The van der Waals surface area contributed by atoms with Crippen molar-refractivity contribution in [3.05, 3.63) is 35.4 Å². The van der Waals surface area contributed by atoms with Gasteiger partial charge in [0.15, 0.2) is 9.84 Å². The van der Waals surface area contributed by atoms with E-state index in [1.54, 1.807) is 6.07 Å². The van der Waals surface area contributed by atoms with Crippen molar-refractivity contribution in [2.45, 2.75) is 32.4 Å². The largest absolute Gasteiger partial charge is 0.299 e. The number of Topliss-reactive ketones (excluding diaryl/α,β-unsaturated/α-hetero) is 1. The van der Waals surface area contributed by atoms with Crippen molar-refractivity contribution in [3.8, 4) is 0 Å². The van der Waals surface area contributed by atoms with E-state index in [1.807, 2.05) is 32.0 Å². The SMILES string of the molecule is CCCC(=O)CS(=O)(=O)Cc1cccc(C)c1. The van der Waals surface area contributed by atoms with E-state index in [-0.39, 0.29) is 17.3 Å². The maximum Gasteiger partial charge on any atom is 0.161 e. The molecule has 0 radical (unpaired) electrons. The molecule has 0 aliphatic carbocycles. The van der Waals surface area contributed by atoms with Gasteiger partial charge in [0.25, 0.3) is 0 Å². The zero-order chi connectivity index (χ0) is 12.9. The molecule has 0 heterocycles. The molecule has 0 fully saturated rings. The van der Waals surface area contributed by atoms with E-state index < -0.39 is 9.84 Å². The Balaban J connectivity index is 2.70. The number of ketones is 1. The van der Waals surface area contributed by atoms with Gasteiger partial charge in [-0.15, -0.1) is 0 Å². The smallest absolute Gasteiger partial charge is 0.161 e. The van der Waals surface area contributed by atoms with Crippen molar-refractivity contribution in [1.82, 2.24) is 0 Å². The number of aryl methyl sites for hydroxylation is 1. The quantitative estimate of drug-likeness (QED) is 0.782. The molecule has 0 aliphatic rings. The van der Waals surface area contributed by atoms with E-state index in [1.165, 1.54) is 0 Å². The Labute approximate surface area is 103 Å². The van der Waals surface area contributed by atoms with Crippen molar-refractivity contribution in [2.24, 2.45) is 0 Å². The van der Waals surface area contributed by atoms with Crippen molar-refractivity contribution >= 4 is 15.6 Å². The molecule has 0 unspecified atom stereocenters. The third-order valence-corrected chi connectivity index (χ3v) is 3.91. The van der Waals surface area contributed by atoms with E-state index in [2.05, 4.69) is 0 Å². The maximum atomic E-state index is 11.8. The highest BCUT2D eigenvalue weighted by molar-refractivity contribution is 7.91. The fraction of sp³-hybridized carbons (Fsp3) is 0.462. The Hall–Kier alpha value is -1.16. The lowest BCUT2D eigenvalue weighted by Gasteiger charge is -2.04. The Morgan fingerprint density at radius 2 is 2.00 bits per heavy atom. The van der Waals surface area contributed by atoms with Gasteiger partial charge in [-0.2, -0.15) is 0 Å². The monoisotopic (exact) mass is 254 g/mol. The molecule has 17 heavy (non-hydrogen) atoms. The van der Waals surface area contributed by atoms with Crippen molar-refractivity contribution in [1.29, 1.82) is 0 Å². The van der Waals surface area contributed by atoms with Gasteiger partial charge in [-0.05, 0) is 18.9 Å². The fourth-order valence-electron chi connectivity index (χ4n) is 1.70. The molecule has 0 aromatic heterocycles. The molecule has 0 spiro atoms. The van der Waals surface area contributed by atoms with Gasteiger partial charge in [-0.3, -0.25) is 4.79 Å². The molecule has 1 rings (SSSR count). The normalized spacial score (nSPS) is 11.4. The van der Waals surface area contributed by atoms with Gasteiger partial charge in [0.1, 0.15) is 11.5 Å². The summed E-state index contributed by atoms with van der Waals surface area (Å²) >= 11 is 0. The molecule has 0 N–H and O–H groups in total. The summed E-state index contributed by atoms with van der Waals surface area (Å²) in [6, 6.07) is 7.35. The van der Waals surface area contributed by atoms with E-state index in [0.29, 0.717) is 12.8 Å². The standard InChI is InChI=1S/C13H18O3S/c1-3-5-13(14)10-17(15,16)9-12-7-4-6-11(2)8-12/h4,6-8H,3,5,9-10H2,1-2H3. The van der Waals surface area contributed by atoms with Gasteiger partial charge in [-0.1, -0.05) is 36.8 Å². The second-order valence-corrected chi connectivity index (χ2v) is 6.37. The van der Waals surface area contributed by atoms with Crippen molar-refractivity contribution < 1.29 is 13.2 Å². The van der Waals surface area contributed by atoms with Gasteiger partial charge in [-0.25, -0.2) is 8.42 Å². The van der Waals surface area contributed by atoms with Crippen LogP contribution in [0.3, 0.4) is 0 Å². The summed E-state index contributed by atoms with van der Waals surface area (Å²) in [4.78, 5) is 11.3. The highest BCUT2D eigenvalue weighted by Crippen LogP contribution is 2.09. The van der Waals surface area contributed by atoms with Crippen LogP contribution in [0.2, 0.25) is 0 Å². The molecular formula is C13H18O3S. The maximum absolute atomic E-state index is 11.8. The first kappa shape index (κ1) is 13.9. The molecule has 3 nitrogen and oxygen atoms in total. The minimum absolute atomic E-state index is 0.0515. The van der Waals surface area contributed by atoms with E-state index in [9.17, 15) is 13.2 Å². The Bertz CT molecular complexity index is 489. The Kier molecular flexibility index (Phi) is 4.87. The van der Waals surface area contributed by atoms with Gasteiger partial charge >= 0.3 is 0 Å². The molecule has 0 amide bonds. The number of benzene rings is 1. The number of rotatable bonds is 6. The van der Waals surface area contributed by atoms with Crippen LogP contribution in [0, 0.1) is 6.92 Å². The van der Waals surface area contributed by atoms with Crippen molar-refractivity contribution in [3.63, 3.8) is 0 Å². The number of carbonyl (C=O) groups excluding carboxylic acids is 1. The average Bonchev–Trinajstić information content (AvgIpc) is 2.15. The summed E-state index contributed by atoms with van der Waals surface area (Å²) in [5, 5.41) is 0. The van der Waals surface area contributed by atoms with E-state index in [4.69, 9.17) is 0 Å². The summed E-state index contributed by atoms with van der Waals surface area (Å²) in [5.41, 5.74) is 1.77. The molecule has 1 aromatic carbocycles. The van der Waals surface area contributed by atoms with Crippen LogP contribution in [0.15, 0.2) is 24.3 Å². The Morgan fingerprint density at radius 3 is 2.59 bits per heavy atom. The average molecular weight is 254 g/mol. The van der Waals surface area contributed by atoms with Crippen molar-refractivity contribution in [2.75, 3.05) is 5.75 Å². The van der Waals surface area contributed by atoms with Crippen LogP contribution < -0.4 is 0 Å². The molecule has 4 heteroatoms. The second kappa shape index (κ2) is 5.96. The zero-order valence-electron chi connectivity index (χ0n) is 10.3. The fourth-order valence-corrected chi connectivity index (χ4v) is 3.13. The lowest BCUT2D eigenvalue weighted by atomic mass is 10.2. The third kappa shape index (κ3) is 5.13. The zero-order valence-corrected chi connectivity index (χ0v) is 11.1. The predicted octanol–water partition coefficient (Wildman–Crippen LogP) is 2.28. The van der Waals surface area contributed by atoms with Crippen LogP contribution in [0.25, 0.3) is 0 Å². The Morgan fingerprint density at radius 1 is 1.29 bits per heavy atom. The molecular weight excluding hydrogens is 236 g/mol. The number of hydrogen-bond donors (Lipinski definition) is 0. The van der Waals surface area contributed by atoms with E-state index in [0.717, 1.165) is 11.1 Å². The van der Waals surface area contributed by atoms with Crippen LogP contribution in [-0.4, -0.2) is 20.0 Å². The van der Waals surface area contributed by atoms with Crippen LogP contribution in [-0.2, 0) is 20.4 Å². The molecule has 0 saturated heterocycles. The number of sulfone groups is 1. The summed E-state index contributed by atoms with van der Waals surface area (Å²) in [6.45, 7) is 3.78. The lowest BCUT2D eigenvalue weighted by molar-refractivity contribution is -0.116. The van der Waals surface area contributed by atoms with Crippen LogP contribution in [0.1, 0.15) is 30.9 Å². The second-order valence-electron chi connectivity index (χ2n) is 4.31. The van der Waals surface area contributed by atoms with Gasteiger partial charge in [0.2, 0.25) is 0 Å². The van der Waals surface area contributed by atoms with Crippen LogP contribution in [0.4, 0.5) is 0 Å². The van der Waals surface area contributed by atoms with Gasteiger partial charge < -0.3 is 0 Å². The first-order valence-corrected chi connectivity index (χ1v) is 7.53. The first-order valence-electron chi connectivity index (χ1n) is 5.70. The number of carbonyl (C=O) groups is 1. The molecule has 1 aromatic rings. The summed E-state index contributed by atoms with van der Waals surface area (Å²) in [5.74, 6) is -0.584. The first-order chi connectivity index (χ1) is 7.93. The molecule has 0 aliphatic heterocycles. The van der Waals surface area contributed by atoms with Crippen LogP contribution in [0.5, 0.6) is 0 Å². The molecule has 0 saturated carbocycles. The summed E-state index contributed by atoms with van der Waals surface area (Å²) < 4.78 is 23.6. The minimum Gasteiger partial charge on any atom is -0.299 e. The minimum atomic E-state index is -3.32. The highest BCUT2D eigenvalue weighted by atomic mass is 32.2. The summed E-state index contributed by atoms with van der Waals surface area (Å²) in [6.07, 6.45) is 1.03. The van der Waals surface area contributed by atoms with Gasteiger partial charge in [0, 0.05) is 6.42 Å². The highest BCUT2D eigenvalue weighted by Gasteiger charge is 2.16. The summed E-state index contributed by atoms with van der Waals surface area (Å²) in [7, 11) is -3.32. The topological polar surface area (TPSA) is 51.2 Å². The molecule has 94 valence electrons.